The second-order valence-electron chi connectivity index (χ2n) is 5.04. The minimum absolute atomic E-state index is 0.0324. The fourth-order valence-electron chi connectivity index (χ4n) is 1.65. The molecule has 4 heteroatoms. The molecule has 2 unspecified atom stereocenters. The van der Waals surface area contributed by atoms with Gasteiger partial charge in [-0.15, -0.1) is 0 Å². The minimum Gasteiger partial charge on any atom is -0.352 e. The molecular weight excluding hydrogens is 214 g/mol. The van der Waals surface area contributed by atoms with Crippen LogP contribution in [0.5, 0.6) is 0 Å². The summed E-state index contributed by atoms with van der Waals surface area (Å²) in [5.74, 6) is 0.711. The molecule has 96 valence electrons. The average Bonchev–Trinajstić information content (AvgIpc) is 2.78. The van der Waals surface area contributed by atoms with Gasteiger partial charge in [0.25, 0.3) is 0 Å². The van der Waals surface area contributed by atoms with Crippen LogP contribution in [-0.2, 0) is 4.79 Å². The van der Waals surface area contributed by atoms with Crippen molar-refractivity contribution in [3.05, 3.63) is 18.5 Å². The zero-order chi connectivity index (χ0) is 12.8. The highest BCUT2D eigenvalue weighted by Gasteiger charge is 2.16. The summed E-state index contributed by atoms with van der Waals surface area (Å²) in [5, 5.41) is 7.10. The van der Waals surface area contributed by atoms with E-state index in [9.17, 15) is 4.79 Å². The molecule has 0 aliphatic rings. The maximum Gasteiger partial charge on any atom is 0.244 e. The van der Waals surface area contributed by atoms with Gasteiger partial charge in [0, 0.05) is 18.4 Å². The van der Waals surface area contributed by atoms with E-state index in [0.29, 0.717) is 5.92 Å². The van der Waals surface area contributed by atoms with Gasteiger partial charge >= 0.3 is 0 Å². The number of rotatable bonds is 6. The van der Waals surface area contributed by atoms with Gasteiger partial charge in [0.15, 0.2) is 0 Å². The summed E-state index contributed by atoms with van der Waals surface area (Å²) in [5.41, 5.74) is 0. The van der Waals surface area contributed by atoms with Crippen molar-refractivity contribution in [3.8, 4) is 0 Å². The molecule has 1 N–H and O–H groups in total. The number of amides is 1. The first kappa shape index (κ1) is 13.7. The highest BCUT2D eigenvalue weighted by atomic mass is 16.2. The molecule has 0 saturated heterocycles. The molecule has 0 aliphatic carbocycles. The van der Waals surface area contributed by atoms with E-state index in [1.807, 2.05) is 19.2 Å². The first-order valence-electron chi connectivity index (χ1n) is 6.30. The van der Waals surface area contributed by atoms with Gasteiger partial charge in [-0.1, -0.05) is 13.8 Å². The lowest BCUT2D eigenvalue weighted by Gasteiger charge is -2.18. The summed E-state index contributed by atoms with van der Waals surface area (Å²) >= 11 is 0. The second kappa shape index (κ2) is 6.42. The Hall–Kier alpha value is -1.32. The van der Waals surface area contributed by atoms with Crippen LogP contribution in [0.15, 0.2) is 18.5 Å². The van der Waals surface area contributed by atoms with Crippen molar-refractivity contribution in [3.63, 3.8) is 0 Å². The molecule has 1 rings (SSSR count). The Bertz CT molecular complexity index is 332. The molecule has 1 heterocycles. The van der Waals surface area contributed by atoms with Crippen molar-refractivity contribution in [1.82, 2.24) is 15.1 Å². The van der Waals surface area contributed by atoms with E-state index in [4.69, 9.17) is 0 Å². The smallest absolute Gasteiger partial charge is 0.244 e. The van der Waals surface area contributed by atoms with E-state index in [1.165, 1.54) is 0 Å². The fourth-order valence-corrected chi connectivity index (χ4v) is 1.65. The molecule has 0 spiro atoms. The molecule has 0 aliphatic heterocycles. The molecule has 1 aromatic heterocycles. The predicted molar refractivity (Wildman–Crippen MR) is 68.6 cm³/mol. The van der Waals surface area contributed by atoms with E-state index in [-0.39, 0.29) is 18.0 Å². The van der Waals surface area contributed by atoms with E-state index in [2.05, 4.69) is 31.2 Å². The van der Waals surface area contributed by atoms with Crippen LogP contribution in [0.3, 0.4) is 0 Å². The Balaban J connectivity index is 2.38. The highest BCUT2D eigenvalue weighted by molar-refractivity contribution is 5.79. The lowest BCUT2D eigenvalue weighted by atomic mass is 10.0. The van der Waals surface area contributed by atoms with Gasteiger partial charge in [-0.05, 0) is 38.7 Å². The number of nitrogens with zero attached hydrogens (tertiary/aromatic N) is 2. The predicted octanol–water partition coefficient (Wildman–Crippen LogP) is 2.39. The van der Waals surface area contributed by atoms with Crippen molar-refractivity contribution in [2.45, 2.75) is 52.6 Å². The van der Waals surface area contributed by atoms with Crippen molar-refractivity contribution in [2.75, 3.05) is 0 Å². The first-order chi connectivity index (χ1) is 8.00. The SMILES string of the molecule is CC(C)CCC(C)NC(=O)C(C)n1cccn1. The maximum absolute atomic E-state index is 11.9. The van der Waals surface area contributed by atoms with Crippen LogP contribution in [-0.4, -0.2) is 21.7 Å². The standard InChI is InChI=1S/C13H23N3O/c1-10(2)6-7-11(3)15-13(17)12(4)16-9-5-8-14-16/h5,8-12H,6-7H2,1-4H3,(H,15,17). The molecular formula is C13H23N3O. The minimum atomic E-state index is -0.244. The molecule has 2 atom stereocenters. The Labute approximate surface area is 103 Å². The molecule has 1 aromatic rings. The summed E-state index contributed by atoms with van der Waals surface area (Å²) in [6.07, 6.45) is 5.65. The molecule has 0 aromatic carbocycles. The number of hydrogen-bond donors (Lipinski definition) is 1. The number of carbonyl (C=O) groups is 1. The summed E-state index contributed by atoms with van der Waals surface area (Å²) in [4.78, 5) is 11.9. The largest absolute Gasteiger partial charge is 0.352 e. The first-order valence-corrected chi connectivity index (χ1v) is 6.30. The topological polar surface area (TPSA) is 46.9 Å². The lowest BCUT2D eigenvalue weighted by Crippen LogP contribution is -2.37. The van der Waals surface area contributed by atoms with E-state index in [1.54, 1.807) is 10.9 Å². The van der Waals surface area contributed by atoms with Crippen molar-refractivity contribution < 1.29 is 4.79 Å². The van der Waals surface area contributed by atoms with Gasteiger partial charge in [-0.2, -0.15) is 5.10 Å². The summed E-state index contributed by atoms with van der Waals surface area (Å²) in [6, 6.07) is 1.81. The van der Waals surface area contributed by atoms with E-state index >= 15 is 0 Å². The Morgan fingerprint density at radius 2 is 2.00 bits per heavy atom. The third-order valence-electron chi connectivity index (χ3n) is 2.87. The number of hydrogen-bond acceptors (Lipinski definition) is 2. The van der Waals surface area contributed by atoms with Gasteiger partial charge in [-0.25, -0.2) is 0 Å². The third kappa shape index (κ3) is 4.59. The Morgan fingerprint density at radius 1 is 1.29 bits per heavy atom. The monoisotopic (exact) mass is 237 g/mol. The van der Waals surface area contributed by atoms with Crippen LogP contribution in [0.4, 0.5) is 0 Å². The van der Waals surface area contributed by atoms with Crippen LogP contribution < -0.4 is 5.32 Å². The summed E-state index contributed by atoms with van der Waals surface area (Å²) < 4.78 is 1.67. The number of aromatic nitrogens is 2. The van der Waals surface area contributed by atoms with Gasteiger partial charge in [0.05, 0.1) is 0 Å². The molecule has 0 radical (unpaired) electrons. The Morgan fingerprint density at radius 3 is 2.53 bits per heavy atom. The zero-order valence-corrected chi connectivity index (χ0v) is 11.2. The molecule has 1 amide bonds. The van der Waals surface area contributed by atoms with Gasteiger partial charge < -0.3 is 5.32 Å². The van der Waals surface area contributed by atoms with E-state index in [0.717, 1.165) is 12.8 Å². The zero-order valence-electron chi connectivity index (χ0n) is 11.2. The summed E-state index contributed by atoms with van der Waals surface area (Å²) in [7, 11) is 0. The third-order valence-corrected chi connectivity index (χ3v) is 2.87. The van der Waals surface area contributed by atoms with Crippen LogP contribution in [0.2, 0.25) is 0 Å². The van der Waals surface area contributed by atoms with Crippen molar-refractivity contribution >= 4 is 5.91 Å². The normalized spacial score (nSPS) is 14.6. The van der Waals surface area contributed by atoms with Crippen LogP contribution in [0, 0.1) is 5.92 Å². The molecule has 4 nitrogen and oxygen atoms in total. The van der Waals surface area contributed by atoms with Gasteiger partial charge in [0.1, 0.15) is 6.04 Å². The Kier molecular flexibility index (Phi) is 5.19. The molecule has 0 fully saturated rings. The maximum atomic E-state index is 11.9. The highest BCUT2D eigenvalue weighted by Crippen LogP contribution is 2.08. The van der Waals surface area contributed by atoms with Crippen LogP contribution >= 0.6 is 0 Å². The average molecular weight is 237 g/mol. The van der Waals surface area contributed by atoms with Crippen molar-refractivity contribution in [2.24, 2.45) is 5.92 Å². The number of nitrogens with one attached hydrogen (secondary N) is 1. The summed E-state index contributed by atoms with van der Waals surface area (Å²) in [6.45, 7) is 8.30. The fraction of sp³-hybridized carbons (Fsp3) is 0.692. The van der Waals surface area contributed by atoms with Crippen molar-refractivity contribution in [1.29, 1.82) is 0 Å². The molecule has 0 saturated carbocycles. The van der Waals surface area contributed by atoms with E-state index < -0.39 is 0 Å². The number of carbonyl (C=O) groups excluding carboxylic acids is 1. The quantitative estimate of drug-likeness (QED) is 0.825. The van der Waals surface area contributed by atoms with Crippen LogP contribution in [0.25, 0.3) is 0 Å². The van der Waals surface area contributed by atoms with Gasteiger partial charge in [-0.3, -0.25) is 9.48 Å². The molecule has 0 bridgehead atoms. The molecule has 17 heavy (non-hydrogen) atoms. The lowest BCUT2D eigenvalue weighted by molar-refractivity contribution is -0.124. The van der Waals surface area contributed by atoms with Crippen LogP contribution in [0.1, 0.15) is 46.6 Å². The van der Waals surface area contributed by atoms with Gasteiger partial charge in [0.2, 0.25) is 5.91 Å². The second-order valence-corrected chi connectivity index (χ2v) is 5.04.